The van der Waals surface area contributed by atoms with Crippen molar-refractivity contribution in [3.63, 3.8) is 0 Å². The van der Waals surface area contributed by atoms with Crippen molar-refractivity contribution in [2.45, 2.75) is 12.6 Å². The number of aliphatic hydroxyl groups is 1. The molecule has 0 saturated heterocycles. The van der Waals surface area contributed by atoms with Gasteiger partial charge in [0, 0.05) is 12.4 Å². The zero-order chi connectivity index (χ0) is 11.7. The number of hydrogen-bond acceptors (Lipinski definition) is 4. The van der Waals surface area contributed by atoms with Crippen LogP contribution in [-0.2, 0) is 6.54 Å². The van der Waals surface area contributed by atoms with Gasteiger partial charge in [0.25, 0.3) is 0 Å². The average molecular weight is 232 g/mol. The molecular weight excluding hydrogens is 220 g/mol. The van der Waals surface area contributed by atoms with Gasteiger partial charge >= 0.3 is 0 Å². The molecule has 0 aliphatic carbocycles. The first-order valence-corrected chi connectivity index (χ1v) is 5.38. The molecule has 17 heavy (non-hydrogen) atoms. The number of ether oxygens (including phenoxy) is 2. The lowest BCUT2D eigenvalue weighted by Crippen LogP contribution is -2.08. The first-order chi connectivity index (χ1) is 8.33. The topological polar surface area (TPSA) is 56.5 Å². The van der Waals surface area contributed by atoms with E-state index in [0.29, 0.717) is 12.3 Å². The summed E-state index contributed by atoms with van der Waals surface area (Å²) in [5.74, 6) is 1.40. The maximum absolute atomic E-state index is 10.1. The van der Waals surface area contributed by atoms with Crippen molar-refractivity contribution in [3.8, 4) is 11.5 Å². The van der Waals surface area contributed by atoms with Gasteiger partial charge in [-0.05, 0) is 23.8 Å². The maximum atomic E-state index is 10.1. The van der Waals surface area contributed by atoms with Crippen LogP contribution >= 0.6 is 0 Å². The smallest absolute Gasteiger partial charge is 0.231 e. The number of aromatic nitrogens is 2. The molecule has 5 heteroatoms. The molecule has 1 aromatic carbocycles. The second-order valence-corrected chi connectivity index (χ2v) is 3.86. The van der Waals surface area contributed by atoms with E-state index >= 15 is 0 Å². The van der Waals surface area contributed by atoms with E-state index in [1.54, 1.807) is 16.9 Å². The molecule has 1 aliphatic heterocycles. The molecule has 2 aromatic rings. The van der Waals surface area contributed by atoms with Crippen molar-refractivity contribution in [2.75, 3.05) is 6.79 Å². The number of nitrogens with zero attached hydrogens (tertiary/aromatic N) is 2. The van der Waals surface area contributed by atoms with Gasteiger partial charge in [0.15, 0.2) is 11.5 Å². The van der Waals surface area contributed by atoms with Gasteiger partial charge in [-0.3, -0.25) is 4.68 Å². The van der Waals surface area contributed by atoms with Crippen LogP contribution in [-0.4, -0.2) is 21.7 Å². The highest BCUT2D eigenvalue weighted by molar-refractivity contribution is 5.45. The van der Waals surface area contributed by atoms with E-state index in [9.17, 15) is 5.11 Å². The van der Waals surface area contributed by atoms with Crippen molar-refractivity contribution in [1.29, 1.82) is 0 Å². The van der Waals surface area contributed by atoms with E-state index in [1.807, 2.05) is 24.4 Å². The minimum atomic E-state index is -0.607. The standard InChI is InChI=1S/C12H12N2O3/c15-10(7-14-5-1-4-13-14)9-2-3-11-12(6-9)17-8-16-11/h1-6,10,15H,7-8H2. The SMILES string of the molecule is OC(Cn1cccn1)c1ccc2c(c1)OCO2. The van der Waals surface area contributed by atoms with Gasteiger partial charge in [-0.1, -0.05) is 6.07 Å². The molecule has 88 valence electrons. The van der Waals surface area contributed by atoms with Gasteiger partial charge in [-0.2, -0.15) is 5.10 Å². The number of rotatable bonds is 3. The molecule has 0 radical (unpaired) electrons. The van der Waals surface area contributed by atoms with Crippen LogP contribution in [0.4, 0.5) is 0 Å². The Labute approximate surface area is 98.2 Å². The largest absolute Gasteiger partial charge is 0.454 e. The second kappa shape index (κ2) is 4.10. The first-order valence-electron chi connectivity index (χ1n) is 5.38. The summed E-state index contributed by atoms with van der Waals surface area (Å²) in [6, 6.07) is 7.27. The summed E-state index contributed by atoms with van der Waals surface area (Å²) < 4.78 is 12.2. The lowest BCUT2D eigenvalue weighted by Gasteiger charge is -2.11. The van der Waals surface area contributed by atoms with Gasteiger partial charge in [-0.15, -0.1) is 0 Å². The predicted molar refractivity (Wildman–Crippen MR) is 59.8 cm³/mol. The van der Waals surface area contributed by atoms with E-state index in [4.69, 9.17) is 9.47 Å². The Kier molecular flexibility index (Phi) is 2.45. The summed E-state index contributed by atoms with van der Waals surface area (Å²) in [6.45, 7) is 0.667. The Bertz CT molecular complexity index is 510. The molecule has 1 unspecified atom stereocenters. The molecule has 1 atom stereocenters. The number of aliphatic hydroxyl groups excluding tert-OH is 1. The fourth-order valence-corrected chi connectivity index (χ4v) is 1.81. The lowest BCUT2D eigenvalue weighted by atomic mass is 10.1. The van der Waals surface area contributed by atoms with E-state index in [-0.39, 0.29) is 6.79 Å². The van der Waals surface area contributed by atoms with Crippen molar-refractivity contribution in [2.24, 2.45) is 0 Å². The Morgan fingerprint density at radius 1 is 1.35 bits per heavy atom. The van der Waals surface area contributed by atoms with Crippen LogP contribution < -0.4 is 9.47 Å². The van der Waals surface area contributed by atoms with Gasteiger partial charge < -0.3 is 14.6 Å². The molecule has 0 bridgehead atoms. The molecule has 2 heterocycles. The van der Waals surface area contributed by atoms with Gasteiger partial charge in [0.2, 0.25) is 6.79 Å². The third-order valence-electron chi connectivity index (χ3n) is 2.70. The summed E-state index contributed by atoms with van der Waals surface area (Å²) in [6.07, 6.45) is 2.90. The molecule has 1 N–H and O–H groups in total. The fourth-order valence-electron chi connectivity index (χ4n) is 1.81. The summed E-state index contributed by atoms with van der Waals surface area (Å²) in [5.41, 5.74) is 0.796. The average Bonchev–Trinajstić information content (AvgIpc) is 2.97. The number of hydrogen-bond donors (Lipinski definition) is 1. The Balaban J connectivity index is 1.79. The Hall–Kier alpha value is -2.01. The third-order valence-corrected chi connectivity index (χ3v) is 2.70. The maximum Gasteiger partial charge on any atom is 0.231 e. The minimum Gasteiger partial charge on any atom is -0.454 e. The molecule has 0 fully saturated rings. The van der Waals surface area contributed by atoms with E-state index in [0.717, 1.165) is 11.3 Å². The highest BCUT2D eigenvalue weighted by atomic mass is 16.7. The van der Waals surface area contributed by atoms with E-state index in [2.05, 4.69) is 5.10 Å². The number of fused-ring (bicyclic) bond motifs is 1. The summed E-state index contributed by atoms with van der Waals surface area (Å²) >= 11 is 0. The highest BCUT2D eigenvalue weighted by Crippen LogP contribution is 2.34. The molecule has 0 spiro atoms. The highest BCUT2D eigenvalue weighted by Gasteiger charge is 2.16. The summed E-state index contributed by atoms with van der Waals surface area (Å²) in [5, 5.41) is 14.1. The molecule has 0 saturated carbocycles. The third kappa shape index (κ3) is 1.97. The molecule has 0 amide bonds. The first kappa shape index (κ1) is 10.2. The quantitative estimate of drug-likeness (QED) is 0.867. The number of benzene rings is 1. The van der Waals surface area contributed by atoms with Crippen LogP contribution in [0, 0.1) is 0 Å². The minimum absolute atomic E-state index is 0.244. The normalized spacial score (nSPS) is 14.9. The lowest BCUT2D eigenvalue weighted by molar-refractivity contribution is 0.150. The van der Waals surface area contributed by atoms with E-state index in [1.165, 1.54) is 0 Å². The second-order valence-electron chi connectivity index (χ2n) is 3.86. The molecule has 1 aromatic heterocycles. The van der Waals surface area contributed by atoms with Crippen molar-refractivity contribution < 1.29 is 14.6 Å². The monoisotopic (exact) mass is 232 g/mol. The van der Waals surface area contributed by atoms with Crippen LogP contribution in [0.1, 0.15) is 11.7 Å². The van der Waals surface area contributed by atoms with Gasteiger partial charge in [-0.25, -0.2) is 0 Å². The predicted octanol–water partition coefficient (Wildman–Crippen LogP) is 1.35. The van der Waals surface area contributed by atoms with Crippen molar-refractivity contribution in [3.05, 3.63) is 42.2 Å². The molecule has 3 rings (SSSR count). The van der Waals surface area contributed by atoms with Crippen LogP contribution in [0.5, 0.6) is 11.5 Å². The fraction of sp³-hybridized carbons (Fsp3) is 0.250. The van der Waals surface area contributed by atoms with Crippen LogP contribution in [0.2, 0.25) is 0 Å². The van der Waals surface area contributed by atoms with Gasteiger partial charge in [0.1, 0.15) is 0 Å². The zero-order valence-corrected chi connectivity index (χ0v) is 9.11. The summed E-state index contributed by atoms with van der Waals surface area (Å²) in [4.78, 5) is 0. The molecular formula is C12H12N2O3. The molecule has 1 aliphatic rings. The van der Waals surface area contributed by atoms with Gasteiger partial charge in [0.05, 0.1) is 12.6 Å². The van der Waals surface area contributed by atoms with Crippen molar-refractivity contribution >= 4 is 0 Å². The molecule has 5 nitrogen and oxygen atoms in total. The summed E-state index contributed by atoms with van der Waals surface area (Å²) in [7, 11) is 0. The van der Waals surface area contributed by atoms with Crippen LogP contribution in [0.25, 0.3) is 0 Å². The Morgan fingerprint density at radius 3 is 3.06 bits per heavy atom. The van der Waals surface area contributed by atoms with Crippen molar-refractivity contribution in [1.82, 2.24) is 9.78 Å². The van der Waals surface area contributed by atoms with Crippen LogP contribution in [0.3, 0.4) is 0 Å². The Morgan fingerprint density at radius 2 is 2.24 bits per heavy atom. The van der Waals surface area contributed by atoms with E-state index < -0.39 is 6.10 Å². The van der Waals surface area contributed by atoms with Crippen LogP contribution in [0.15, 0.2) is 36.7 Å². The zero-order valence-electron chi connectivity index (χ0n) is 9.11.